The van der Waals surface area contributed by atoms with Crippen molar-refractivity contribution < 1.29 is 31.9 Å². The number of aliphatic hydroxyl groups is 1. The number of nitrogens with zero attached hydrogens (tertiary/aromatic N) is 1. The SMILES string of the molecule is CCCN(CCC)C(=O)C1=CC(C)=CC(C(N)=O)([C@H](Cc2cc(F)cc(F)c2)[C@@H](O)CNCc2cccc(S(=O)(=O)CC)c2)C1. The summed E-state index contributed by atoms with van der Waals surface area (Å²) in [5.41, 5.74) is 6.42. The first-order valence-corrected chi connectivity index (χ1v) is 17.1. The molecule has 3 atom stereocenters. The van der Waals surface area contributed by atoms with Gasteiger partial charge in [-0.25, -0.2) is 17.2 Å². The molecule has 246 valence electrons. The minimum Gasteiger partial charge on any atom is -0.391 e. The summed E-state index contributed by atoms with van der Waals surface area (Å²) in [6.45, 7) is 8.48. The average Bonchev–Trinajstić information content (AvgIpc) is 2.98. The third kappa shape index (κ3) is 9.08. The van der Waals surface area contributed by atoms with Gasteiger partial charge < -0.3 is 21.1 Å². The first kappa shape index (κ1) is 36.1. The number of aliphatic hydroxyl groups excluding tert-OH is 1. The van der Waals surface area contributed by atoms with Crippen molar-refractivity contribution in [2.75, 3.05) is 25.4 Å². The molecule has 0 radical (unpaired) electrons. The molecule has 0 heterocycles. The number of hydrogen-bond acceptors (Lipinski definition) is 6. The van der Waals surface area contributed by atoms with E-state index in [0.717, 1.165) is 31.0 Å². The number of primary amides is 1. The number of benzene rings is 2. The molecule has 1 unspecified atom stereocenters. The molecule has 0 fully saturated rings. The summed E-state index contributed by atoms with van der Waals surface area (Å²) in [4.78, 5) is 29.0. The molecular formula is C34H45F2N3O5S. The highest BCUT2D eigenvalue weighted by atomic mass is 32.2. The molecule has 2 aromatic carbocycles. The van der Waals surface area contributed by atoms with Crippen LogP contribution < -0.4 is 11.1 Å². The molecule has 2 aromatic rings. The maximum absolute atomic E-state index is 14.3. The second-order valence-electron chi connectivity index (χ2n) is 11.8. The van der Waals surface area contributed by atoms with Gasteiger partial charge in [-0.2, -0.15) is 0 Å². The number of carbonyl (C=O) groups excluding carboxylic acids is 2. The smallest absolute Gasteiger partial charge is 0.249 e. The summed E-state index contributed by atoms with van der Waals surface area (Å²) in [7, 11) is -3.41. The largest absolute Gasteiger partial charge is 0.391 e. The normalized spacial score (nSPS) is 18.1. The average molecular weight is 646 g/mol. The fourth-order valence-corrected chi connectivity index (χ4v) is 7.03. The third-order valence-corrected chi connectivity index (χ3v) is 9.93. The van der Waals surface area contributed by atoms with Gasteiger partial charge in [0.15, 0.2) is 9.84 Å². The Bertz CT molecular complexity index is 1520. The molecule has 4 N–H and O–H groups in total. The first-order chi connectivity index (χ1) is 21.3. The lowest BCUT2D eigenvalue weighted by Gasteiger charge is -2.42. The maximum atomic E-state index is 14.3. The summed E-state index contributed by atoms with van der Waals surface area (Å²) in [5, 5.41) is 14.8. The predicted octanol–water partition coefficient (Wildman–Crippen LogP) is 4.46. The number of nitrogens with two attached hydrogens (primary N) is 1. The van der Waals surface area contributed by atoms with Gasteiger partial charge in [-0.3, -0.25) is 9.59 Å². The second-order valence-corrected chi connectivity index (χ2v) is 14.0. The van der Waals surface area contributed by atoms with Gasteiger partial charge in [-0.15, -0.1) is 0 Å². The zero-order valence-corrected chi connectivity index (χ0v) is 27.3. The van der Waals surface area contributed by atoms with Gasteiger partial charge in [0.2, 0.25) is 11.8 Å². The van der Waals surface area contributed by atoms with Gasteiger partial charge in [0, 0.05) is 43.7 Å². The monoisotopic (exact) mass is 645 g/mol. The molecule has 11 heteroatoms. The first-order valence-electron chi connectivity index (χ1n) is 15.4. The molecule has 8 nitrogen and oxygen atoms in total. The second kappa shape index (κ2) is 15.7. The van der Waals surface area contributed by atoms with Crippen LogP contribution in [0.15, 0.2) is 70.7 Å². The van der Waals surface area contributed by atoms with Crippen LogP contribution in [0.3, 0.4) is 0 Å². The third-order valence-electron chi connectivity index (χ3n) is 8.20. The summed E-state index contributed by atoms with van der Waals surface area (Å²) in [5.74, 6) is -3.61. The lowest BCUT2D eigenvalue weighted by molar-refractivity contribution is -0.132. The van der Waals surface area contributed by atoms with Gasteiger partial charge in [0.25, 0.3) is 0 Å². The van der Waals surface area contributed by atoms with Gasteiger partial charge in [0.05, 0.1) is 22.2 Å². The van der Waals surface area contributed by atoms with Gasteiger partial charge >= 0.3 is 0 Å². The molecule has 0 bridgehead atoms. The molecule has 2 amide bonds. The fraction of sp³-hybridized carbons (Fsp3) is 0.471. The van der Waals surface area contributed by atoms with Crippen LogP contribution in [0, 0.1) is 23.0 Å². The Labute approximate surface area is 265 Å². The van der Waals surface area contributed by atoms with E-state index >= 15 is 0 Å². The molecule has 0 aromatic heterocycles. The molecule has 0 aliphatic heterocycles. The Morgan fingerprint density at radius 3 is 2.27 bits per heavy atom. The lowest BCUT2D eigenvalue weighted by atomic mass is 9.63. The number of hydrogen-bond donors (Lipinski definition) is 3. The number of nitrogens with one attached hydrogen (secondary N) is 1. The summed E-state index contributed by atoms with van der Waals surface area (Å²) in [6, 6.07) is 9.51. The number of carbonyl (C=O) groups is 2. The maximum Gasteiger partial charge on any atom is 0.249 e. The van der Waals surface area contributed by atoms with E-state index in [1.54, 1.807) is 49.1 Å². The topological polar surface area (TPSA) is 130 Å². The predicted molar refractivity (Wildman–Crippen MR) is 171 cm³/mol. The van der Waals surface area contributed by atoms with E-state index in [1.807, 2.05) is 13.8 Å². The van der Waals surface area contributed by atoms with Crippen molar-refractivity contribution in [1.29, 1.82) is 0 Å². The van der Waals surface area contributed by atoms with Crippen molar-refractivity contribution in [3.05, 3.63) is 88.5 Å². The molecule has 45 heavy (non-hydrogen) atoms. The number of sulfone groups is 1. The number of halogens is 2. The van der Waals surface area contributed by atoms with Crippen molar-refractivity contribution in [3.63, 3.8) is 0 Å². The van der Waals surface area contributed by atoms with Crippen LogP contribution in [-0.4, -0.2) is 61.7 Å². The summed E-state index contributed by atoms with van der Waals surface area (Å²) < 4.78 is 53.2. The van der Waals surface area contributed by atoms with Gasteiger partial charge in [-0.05, 0) is 68.0 Å². The molecule has 3 rings (SSSR count). The highest BCUT2D eigenvalue weighted by molar-refractivity contribution is 7.91. The van der Waals surface area contributed by atoms with Gasteiger partial charge in [0.1, 0.15) is 11.6 Å². The Hall–Kier alpha value is -3.41. The number of rotatable bonds is 16. The van der Waals surface area contributed by atoms with Crippen LogP contribution in [0.2, 0.25) is 0 Å². The zero-order valence-electron chi connectivity index (χ0n) is 26.5. The quantitative estimate of drug-likeness (QED) is 0.247. The van der Waals surface area contributed by atoms with Gasteiger partial charge in [-0.1, -0.05) is 50.6 Å². The Morgan fingerprint density at radius 2 is 1.69 bits per heavy atom. The van der Waals surface area contributed by atoms with E-state index in [9.17, 15) is 31.9 Å². The highest BCUT2D eigenvalue weighted by Gasteiger charge is 2.48. The van der Waals surface area contributed by atoms with E-state index in [0.29, 0.717) is 29.8 Å². The van der Waals surface area contributed by atoms with Crippen LogP contribution in [-0.2, 0) is 32.4 Å². The summed E-state index contributed by atoms with van der Waals surface area (Å²) in [6.07, 6.45) is 3.43. The highest BCUT2D eigenvalue weighted by Crippen LogP contribution is 2.44. The van der Waals surface area contributed by atoms with E-state index in [-0.39, 0.29) is 48.1 Å². The van der Waals surface area contributed by atoms with Crippen LogP contribution in [0.5, 0.6) is 0 Å². The van der Waals surface area contributed by atoms with E-state index in [4.69, 9.17) is 5.73 Å². The standard InChI is InChI=1S/C34H45F2N3O5S/c1-5-11-39(12-6-2)32(41)26-13-23(4)19-34(20-26,33(37)42)30(17-25-14-27(35)18-28(36)15-25)31(40)22-38-21-24-9-8-10-29(16-24)45(43,44)7-3/h8-10,13-16,18-19,30-31,38,40H,5-7,11-12,17,20-22H2,1-4H3,(H2,37,42)/t30-,31+,34?/m1/s1. The van der Waals surface area contributed by atoms with Crippen molar-refractivity contribution in [1.82, 2.24) is 10.2 Å². The molecule has 0 saturated heterocycles. The van der Waals surface area contributed by atoms with E-state index in [1.165, 1.54) is 6.07 Å². The summed E-state index contributed by atoms with van der Waals surface area (Å²) >= 11 is 0. The zero-order chi connectivity index (χ0) is 33.4. The number of allylic oxidation sites excluding steroid dienone is 2. The Kier molecular flexibility index (Phi) is 12.6. The fourth-order valence-electron chi connectivity index (χ4n) is 6.08. The van der Waals surface area contributed by atoms with E-state index < -0.39 is 44.8 Å². The number of amides is 2. The van der Waals surface area contributed by atoms with Crippen LogP contribution >= 0.6 is 0 Å². The lowest BCUT2D eigenvalue weighted by Crippen LogP contribution is -2.51. The molecule has 0 spiro atoms. The van der Waals surface area contributed by atoms with Crippen LogP contribution in [0.4, 0.5) is 8.78 Å². The molecule has 1 aliphatic rings. The van der Waals surface area contributed by atoms with Crippen LogP contribution in [0.1, 0.15) is 58.1 Å². The Morgan fingerprint density at radius 1 is 1.04 bits per heavy atom. The van der Waals surface area contributed by atoms with Crippen molar-refractivity contribution in [3.8, 4) is 0 Å². The van der Waals surface area contributed by atoms with Crippen molar-refractivity contribution in [2.45, 2.75) is 70.9 Å². The van der Waals surface area contributed by atoms with E-state index in [2.05, 4.69) is 5.32 Å². The Balaban J connectivity index is 1.98. The van der Waals surface area contributed by atoms with Crippen molar-refractivity contribution in [2.24, 2.45) is 17.1 Å². The van der Waals surface area contributed by atoms with Crippen molar-refractivity contribution >= 4 is 21.7 Å². The van der Waals surface area contributed by atoms with Crippen LogP contribution in [0.25, 0.3) is 0 Å². The molecular weight excluding hydrogens is 600 g/mol. The molecule has 0 saturated carbocycles. The molecule has 1 aliphatic carbocycles. The minimum atomic E-state index is -3.41. The minimum absolute atomic E-state index is 0.0410.